The van der Waals surface area contributed by atoms with E-state index in [9.17, 15) is 4.79 Å². The predicted molar refractivity (Wildman–Crippen MR) is 98.7 cm³/mol. The zero-order valence-electron chi connectivity index (χ0n) is 16.5. The highest BCUT2D eigenvalue weighted by atomic mass is 16.6. The molecular formula is C22H32O6. The van der Waals surface area contributed by atoms with E-state index in [0.717, 1.165) is 51.0 Å². The van der Waals surface area contributed by atoms with Gasteiger partial charge in [0.25, 0.3) is 0 Å². The van der Waals surface area contributed by atoms with Crippen LogP contribution in [0.3, 0.4) is 0 Å². The summed E-state index contributed by atoms with van der Waals surface area (Å²) in [5.41, 5.74) is 0. The third kappa shape index (κ3) is 4.11. The average Bonchev–Trinajstić information content (AvgIpc) is 3.56. The standard InChI is InChI=1S/C14H20O4.C8H12O2/c15-14(9-2-4-11-13(6-9)18-11)16-7-8-1-3-10-12(5-8)17-10;1-2-6-7(10-6)3-5(1)8-4-9-8/h8-13H,1-7H2;5-8H,1-4H2. The molecule has 4 aliphatic heterocycles. The molecule has 10 atom stereocenters. The van der Waals surface area contributed by atoms with Gasteiger partial charge in [-0.05, 0) is 69.6 Å². The van der Waals surface area contributed by atoms with E-state index >= 15 is 0 Å². The molecule has 4 saturated heterocycles. The maximum absolute atomic E-state index is 12.0. The van der Waals surface area contributed by atoms with Crippen LogP contribution in [-0.4, -0.2) is 61.9 Å². The van der Waals surface area contributed by atoms with Crippen LogP contribution in [0.1, 0.15) is 57.8 Å². The van der Waals surface area contributed by atoms with E-state index in [1.54, 1.807) is 0 Å². The van der Waals surface area contributed by atoms with Gasteiger partial charge in [0.1, 0.15) is 0 Å². The summed E-state index contributed by atoms with van der Waals surface area (Å²) in [5, 5.41) is 0. The molecule has 0 aromatic heterocycles. The van der Waals surface area contributed by atoms with Gasteiger partial charge in [0.2, 0.25) is 0 Å². The Labute approximate surface area is 166 Å². The first kappa shape index (κ1) is 18.1. The highest BCUT2D eigenvalue weighted by Gasteiger charge is 2.48. The molecule has 7 aliphatic rings. The molecule has 7 fully saturated rings. The Morgan fingerprint density at radius 3 is 2.00 bits per heavy atom. The van der Waals surface area contributed by atoms with Gasteiger partial charge >= 0.3 is 5.97 Å². The van der Waals surface area contributed by atoms with E-state index in [2.05, 4.69) is 0 Å². The Bertz CT molecular complexity index is 606. The molecule has 0 aromatic rings. The molecule has 0 radical (unpaired) electrons. The maximum atomic E-state index is 12.0. The summed E-state index contributed by atoms with van der Waals surface area (Å²) in [6.45, 7) is 1.61. The van der Waals surface area contributed by atoms with Gasteiger partial charge in [-0.3, -0.25) is 4.79 Å². The number of carbonyl (C=O) groups excluding carboxylic acids is 1. The lowest BCUT2D eigenvalue weighted by atomic mass is 9.87. The summed E-state index contributed by atoms with van der Waals surface area (Å²) in [6.07, 6.45) is 13.8. The molecule has 6 nitrogen and oxygen atoms in total. The smallest absolute Gasteiger partial charge is 0.309 e. The van der Waals surface area contributed by atoms with Crippen LogP contribution < -0.4 is 0 Å². The predicted octanol–water partition coefficient (Wildman–Crippen LogP) is 2.62. The Kier molecular flexibility index (Phi) is 4.67. The number of rotatable bonds is 4. The maximum Gasteiger partial charge on any atom is 0.309 e. The quantitative estimate of drug-likeness (QED) is 0.541. The van der Waals surface area contributed by atoms with E-state index in [-0.39, 0.29) is 11.9 Å². The molecule has 28 heavy (non-hydrogen) atoms. The van der Waals surface area contributed by atoms with Crippen LogP contribution in [0.25, 0.3) is 0 Å². The van der Waals surface area contributed by atoms with Crippen molar-refractivity contribution in [3.8, 4) is 0 Å². The van der Waals surface area contributed by atoms with Gasteiger partial charge in [-0.2, -0.15) is 0 Å². The van der Waals surface area contributed by atoms with Gasteiger partial charge < -0.3 is 23.7 Å². The number of fused-ring (bicyclic) bond motifs is 3. The molecule has 156 valence electrons. The minimum absolute atomic E-state index is 0.00258. The lowest BCUT2D eigenvalue weighted by Gasteiger charge is -2.21. The van der Waals surface area contributed by atoms with E-state index in [1.807, 2.05) is 0 Å². The lowest BCUT2D eigenvalue weighted by Crippen LogP contribution is -2.27. The number of esters is 1. The van der Waals surface area contributed by atoms with Gasteiger partial charge in [0.15, 0.2) is 0 Å². The molecule has 0 spiro atoms. The number of ether oxygens (including phenoxy) is 5. The Morgan fingerprint density at radius 2 is 1.36 bits per heavy atom. The molecule has 0 N–H and O–H groups in total. The number of hydrogen-bond donors (Lipinski definition) is 0. The highest BCUT2D eigenvalue weighted by Crippen LogP contribution is 2.43. The third-order valence-corrected chi connectivity index (χ3v) is 7.84. The summed E-state index contributed by atoms with van der Waals surface area (Å²) >= 11 is 0. The first-order valence-corrected chi connectivity index (χ1v) is 11.5. The Morgan fingerprint density at radius 1 is 0.714 bits per heavy atom. The van der Waals surface area contributed by atoms with Crippen molar-refractivity contribution in [1.29, 1.82) is 0 Å². The fraction of sp³-hybridized carbons (Fsp3) is 0.955. The van der Waals surface area contributed by atoms with Crippen LogP contribution in [-0.2, 0) is 28.5 Å². The summed E-state index contributed by atoms with van der Waals surface area (Å²) < 4.78 is 27.1. The summed E-state index contributed by atoms with van der Waals surface area (Å²) in [5.74, 6) is 1.44. The molecule has 0 bridgehead atoms. The zero-order valence-corrected chi connectivity index (χ0v) is 16.5. The van der Waals surface area contributed by atoms with Crippen molar-refractivity contribution in [1.82, 2.24) is 0 Å². The van der Waals surface area contributed by atoms with Crippen molar-refractivity contribution in [2.24, 2.45) is 17.8 Å². The second kappa shape index (κ2) is 7.22. The Hall–Kier alpha value is -0.690. The normalized spacial score (nSPS) is 52.0. The minimum atomic E-state index is 0.00258. The topological polar surface area (TPSA) is 76.4 Å². The van der Waals surface area contributed by atoms with Crippen molar-refractivity contribution in [3.63, 3.8) is 0 Å². The number of hydrogen-bond acceptors (Lipinski definition) is 6. The molecule has 3 saturated carbocycles. The van der Waals surface area contributed by atoms with Gasteiger partial charge in [-0.25, -0.2) is 0 Å². The molecule has 0 aromatic carbocycles. The van der Waals surface area contributed by atoms with E-state index < -0.39 is 0 Å². The van der Waals surface area contributed by atoms with Crippen LogP contribution in [0.15, 0.2) is 0 Å². The molecule has 10 unspecified atom stereocenters. The molecule has 4 heterocycles. The van der Waals surface area contributed by atoms with E-state index in [0.29, 0.717) is 55.3 Å². The fourth-order valence-corrected chi connectivity index (χ4v) is 5.67. The average molecular weight is 392 g/mol. The van der Waals surface area contributed by atoms with Gasteiger partial charge in [-0.15, -0.1) is 0 Å². The largest absolute Gasteiger partial charge is 0.465 e. The van der Waals surface area contributed by atoms with Crippen molar-refractivity contribution < 1.29 is 28.5 Å². The van der Waals surface area contributed by atoms with Crippen LogP contribution >= 0.6 is 0 Å². The number of epoxide rings is 4. The minimum Gasteiger partial charge on any atom is -0.465 e. The molecule has 0 amide bonds. The van der Waals surface area contributed by atoms with E-state index in [1.165, 1.54) is 19.3 Å². The second-order valence-electron chi connectivity index (χ2n) is 9.90. The van der Waals surface area contributed by atoms with E-state index in [4.69, 9.17) is 23.7 Å². The Balaban J connectivity index is 0.000000130. The van der Waals surface area contributed by atoms with Crippen LogP contribution in [0.2, 0.25) is 0 Å². The molecule has 3 aliphatic carbocycles. The van der Waals surface area contributed by atoms with Crippen LogP contribution in [0, 0.1) is 17.8 Å². The van der Waals surface area contributed by atoms with Crippen LogP contribution in [0.5, 0.6) is 0 Å². The summed E-state index contributed by atoms with van der Waals surface area (Å²) in [7, 11) is 0. The summed E-state index contributed by atoms with van der Waals surface area (Å²) in [6, 6.07) is 0. The van der Waals surface area contributed by atoms with Crippen molar-refractivity contribution in [3.05, 3.63) is 0 Å². The van der Waals surface area contributed by atoms with Crippen molar-refractivity contribution in [2.75, 3.05) is 13.2 Å². The fourth-order valence-electron chi connectivity index (χ4n) is 5.67. The second-order valence-corrected chi connectivity index (χ2v) is 9.90. The molecule has 6 heteroatoms. The zero-order chi connectivity index (χ0) is 18.7. The monoisotopic (exact) mass is 392 g/mol. The molecule has 7 rings (SSSR count). The SMILES string of the molecule is C1CC2OC2CC1C1CO1.O=C(OCC1CCC2OC2C1)C1CCC2OC2C1. The summed E-state index contributed by atoms with van der Waals surface area (Å²) in [4.78, 5) is 12.0. The first-order chi connectivity index (χ1) is 13.7. The number of carbonyl (C=O) groups is 1. The van der Waals surface area contributed by atoms with Crippen LogP contribution in [0.4, 0.5) is 0 Å². The van der Waals surface area contributed by atoms with Gasteiger partial charge in [-0.1, -0.05) is 0 Å². The third-order valence-electron chi connectivity index (χ3n) is 7.84. The molecular weight excluding hydrogens is 360 g/mol. The lowest BCUT2D eigenvalue weighted by molar-refractivity contribution is -0.151. The van der Waals surface area contributed by atoms with Gasteiger partial charge in [0, 0.05) is 0 Å². The van der Waals surface area contributed by atoms with Gasteiger partial charge in [0.05, 0.1) is 61.9 Å². The first-order valence-electron chi connectivity index (χ1n) is 11.5. The van der Waals surface area contributed by atoms with Crippen molar-refractivity contribution in [2.45, 2.75) is 101 Å². The highest BCUT2D eigenvalue weighted by molar-refractivity contribution is 5.72. The van der Waals surface area contributed by atoms with Crippen molar-refractivity contribution >= 4 is 5.97 Å².